The van der Waals surface area contributed by atoms with Crippen LogP contribution in [0.25, 0.3) is 0 Å². The molecule has 0 spiro atoms. The molecule has 1 N–H and O–H groups in total. The average Bonchev–Trinajstić information content (AvgIpc) is 2.40. The van der Waals surface area contributed by atoms with Crippen molar-refractivity contribution in [1.29, 1.82) is 0 Å². The molecule has 0 radical (unpaired) electrons. The molecule has 1 heterocycles. The van der Waals surface area contributed by atoms with Crippen LogP contribution in [-0.4, -0.2) is 17.5 Å². The normalized spacial score (nSPS) is 23.8. The van der Waals surface area contributed by atoms with Gasteiger partial charge < -0.3 is 4.90 Å². The number of hydrogen-bond acceptors (Lipinski definition) is 2. The molecule has 2 atom stereocenters. The molecule has 98 valence electrons. The smallest absolute Gasteiger partial charge is 0.269 e. The second-order valence-electron chi connectivity index (χ2n) is 5.11. The van der Waals surface area contributed by atoms with Crippen LogP contribution in [0.2, 0.25) is 0 Å². The highest BCUT2D eigenvalue weighted by Crippen LogP contribution is 2.12. The number of hydrogen-bond donors (Lipinski definition) is 1. The largest absolute Gasteiger partial charge is 0.329 e. The van der Waals surface area contributed by atoms with Crippen molar-refractivity contribution in [2.24, 2.45) is 0 Å². The molecule has 4 nitrogen and oxygen atoms in total. The van der Waals surface area contributed by atoms with Crippen molar-refractivity contribution < 1.29 is 9.82 Å². The fourth-order valence-corrected chi connectivity index (χ4v) is 2.87. The Morgan fingerprint density at radius 3 is 2.67 bits per heavy atom. The minimum atomic E-state index is -0.341. The van der Waals surface area contributed by atoms with Crippen molar-refractivity contribution in [2.75, 3.05) is 6.54 Å². The molecule has 0 bridgehead atoms. The summed E-state index contributed by atoms with van der Waals surface area (Å²) >= 11 is 0. The lowest BCUT2D eigenvalue weighted by molar-refractivity contribution is -0.944. The molecule has 2 rings (SSSR count). The number of nitro groups is 1. The molecule has 0 aromatic heterocycles. The van der Waals surface area contributed by atoms with E-state index >= 15 is 0 Å². The first-order valence-electron chi connectivity index (χ1n) is 6.78. The van der Waals surface area contributed by atoms with E-state index in [9.17, 15) is 10.1 Å². The number of nitro benzene ring substituents is 1. The second kappa shape index (κ2) is 5.96. The third kappa shape index (κ3) is 3.07. The van der Waals surface area contributed by atoms with Gasteiger partial charge in [0.1, 0.15) is 6.54 Å². The molecule has 1 unspecified atom stereocenters. The first-order chi connectivity index (χ1) is 8.70. The second-order valence-corrected chi connectivity index (χ2v) is 5.11. The van der Waals surface area contributed by atoms with Gasteiger partial charge in [0.15, 0.2) is 0 Å². The van der Waals surface area contributed by atoms with E-state index < -0.39 is 0 Å². The zero-order valence-corrected chi connectivity index (χ0v) is 10.9. The standard InChI is InChI=1S/C14H20N2O2/c1-2-13-5-3-4-10-15(13)11-12-6-8-14(9-7-12)16(17)18/h6-9,13H,2-5,10-11H2,1H3/p+1/t13-/m0/s1. The number of quaternary nitrogens is 1. The number of piperidine rings is 1. The molecule has 1 aliphatic heterocycles. The molecular formula is C14H21N2O2+. The number of benzene rings is 1. The molecular weight excluding hydrogens is 228 g/mol. The van der Waals surface area contributed by atoms with E-state index in [4.69, 9.17) is 0 Å². The van der Waals surface area contributed by atoms with Crippen molar-refractivity contribution in [1.82, 2.24) is 0 Å². The fraction of sp³-hybridized carbons (Fsp3) is 0.571. The third-order valence-electron chi connectivity index (χ3n) is 3.95. The Morgan fingerprint density at radius 2 is 2.06 bits per heavy atom. The van der Waals surface area contributed by atoms with Gasteiger partial charge in [-0.15, -0.1) is 0 Å². The van der Waals surface area contributed by atoms with E-state index in [-0.39, 0.29) is 10.6 Å². The van der Waals surface area contributed by atoms with Gasteiger partial charge in [-0.25, -0.2) is 0 Å². The van der Waals surface area contributed by atoms with Crippen LogP contribution in [0.3, 0.4) is 0 Å². The van der Waals surface area contributed by atoms with Gasteiger partial charge in [0, 0.05) is 17.7 Å². The van der Waals surface area contributed by atoms with Crippen LogP contribution in [0, 0.1) is 10.1 Å². The summed E-state index contributed by atoms with van der Waals surface area (Å²) in [5.74, 6) is 0. The van der Waals surface area contributed by atoms with Gasteiger partial charge in [-0.3, -0.25) is 10.1 Å². The summed E-state index contributed by atoms with van der Waals surface area (Å²) in [5, 5.41) is 10.6. The number of nitrogens with zero attached hydrogens (tertiary/aromatic N) is 1. The first kappa shape index (κ1) is 13.0. The van der Waals surface area contributed by atoms with E-state index in [1.54, 1.807) is 17.0 Å². The van der Waals surface area contributed by atoms with Crippen LogP contribution >= 0.6 is 0 Å². The quantitative estimate of drug-likeness (QED) is 0.655. The van der Waals surface area contributed by atoms with E-state index in [0.29, 0.717) is 0 Å². The minimum Gasteiger partial charge on any atom is -0.329 e. The molecule has 0 aliphatic carbocycles. The van der Waals surface area contributed by atoms with E-state index in [2.05, 4.69) is 6.92 Å². The molecule has 0 saturated carbocycles. The van der Waals surface area contributed by atoms with Crippen LogP contribution in [0.1, 0.15) is 38.2 Å². The van der Waals surface area contributed by atoms with Gasteiger partial charge in [-0.05, 0) is 37.8 Å². The topological polar surface area (TPSA) is 47.6 Å². The summed E-state index contributed by atoms with van der Waals surface area (Å²) in [6.07, 6.45) is 5.20. The summed E-state index contributed by atoms with van der Waals surface area (Å²) < 4.78 is 0. The van der Waals surface area contributed by atoms with Crippen LogP contribution in [0.15, 0.2) is 24.3 Å². The van der Waals surface area contributed by atoms with Crippen molar-refractivity contribution in [2.45, 2.75) is 45.2 Å². The van der Waals surface area contributed by atoms with Gasteiger partial charge in [0.05, 0.1) is 17.5 Å². The van der Waals surface area contributed by atoms with Crippen LogP contribution in [0.4, 0.5) is 5.69 Å². The lowest BCUT2D eigenvalue weighted by Gasteiger charge is -2.32. The highest BCUT2D eigenvalue weighted by molar-refractivity contribution is 5.32. The number of nitrogens with one attached hydrogen (secondary N) is 1. The number of likely N-dealkylation sites (tertiary alicyclic amines) is 1. The molecule has 1 aromatic carbocycles. The lowest BCUT2D eigenvalue weighted by Crippen LogP contribution is -3.15. The minimum absolute atomic E-state index is 0.180. The fourth-order valence-electron chi connectivity index (χ4n) is 2.87. The SMILES string of the molecule is CC[C@H]1CCCC[NH+]1Cc1ccc([N+](=O)[O-])cc1. The van der Waals surface area contributed by atoms with Crippen molar-refractivity contribution >= 4 is 5.69 Å². The van der Waals surface area contributed by atoms with Crippen LogP contribution in [0.5, 0.6) is 0 Å². The van der Waals surface area contributed by atoms with Crippen molar-refractivity contribution in [3.8, 4) is 0 Å². The zero-order valence-electron chi connectivity index (χ0n) is 10.9. The predicted molar refractivity (Wildman–Crippen MR) is 70.6 cm³/mol. The van der Waals surface area contributed by atoms with Gasteiger partial charge in [-0.2, -0.15) is 0 Å². The van der Waals surface area contributed by atoms with E-state index in [1.165, 1.54) is 37.8 Å². The highest BCUT2D eigenvalue weighted by atomic mass is 16.6. The Morgan fingerprint density at radius 1 is 1.33 bits per heavy atom. The predicted octanol–water partition coefficient (Wildman–Crippen LogP) is 1.94. The van der Waals surface area contributed by atoms with Crippen LogP contribution in [-0.2, 0) is 6.54 Å². The van der Waals surface area contributed by atoms with Crippen molar-refractivity contribution in [3.05, 3.63) is 39.9 Å². The molecule has 1 fully saturated rings. The van der Waals surface area contributed by atoms with E-state index in [1.807, 2.05) is 12.1 Å². The molecule has 1 aromatic rings. The van der Waals surface area contributed by atoms with Crippen LogP contribution < -0.4 is 4.90 Å². The Kier molecular flexibility index (Phi) is 4.31. The lowest BCUT2D eigenvalue weighted by atomic mass is 9.99. The van der Waals surface area contributed by atoms with Gasteiger partial charge in [0.25, 0.3) is 5.69 Å². The molecule has 18 heavy (non-hydrogen) atoms. The van der Waals surface area contributed by atoms with E-state index in [0.717, 1.165) is 12.6 Å². The number of non-ortho nitro benzene ring substituents is 1. The van der Waals surface area contributed by atoms with Gasteiger partial charge in [0.2, 0.25) is 0 Å². The zero-order chi connectivity index (χ0) is 13.0. The third-order valence-corrected chi connectivity index (χ3v) is 3.95. The maximum atomic E-state index is 10.6. The maximum Gasteiger partial charge on any atom is 0.269 e. The molecule has 0 amide bonds. The molecule has 1 saturated heterocycles. The Balaban J connectivity index is 2.01. The van der Waals surface area contributed by atoms with Gasteiger partial charge in [-0.1, -0.05) is 6.92 Å². The molecule has 1 aliphatic rings. The first-order valence-corrected chi connectivity index (χ1v) is 6.78. The monoisotopic (exact) mass is 249 g/mol. The number of rotatable bonds is 4. The summed E-state index contributed by atoms with van der Waals surface area (Å²) in [6.45, 7) is 4.48. The molecule has 4 heteroatoms. The summed E-state index contributed by atoms with van der Waals surface area (Å²) in [6, 6.07) is 7.77. The summed E-state index contributed by atoms with van der Waals surface area (Å²) in [4.78, 5) is 11.9. The Labute approximate surface area is 108 Å². The summed E-state index contributed by atoms with van der Waals surface area (Å²) in [5.41, 5.74) is 1.38. The highest BCUT2D eigenvalue weighted by Gasteiger charge is 2.24. The summed E-state index contributed by atoms with van der Waals surface area (Å²) in [7, 11) is 0. The average molecular weight is 249 g/mol. The van der Waals surface area contributed by atoms with Gasteiger partial charge >= 0.3 is 0 Å². The van der Waals surface area contributed by atoms with Crippen molar-refractivity contribution in [3.63, 3.8) is 0 Å². The Hall–Kier alpha value is -1.42. The maximum absolute atomic E-state index is 10.6. The Bertz CT molecular complexity index is 403.